The highest BCUT2D eigenvalue weighted by Crippen LogP contribution is 2.33. The Morgan fingerprint density at radius 3 is 2.42 bits per heavy atom. The molecule has 1 aromatic carbocycles. The molecule has 2 heterocycles. The van der Waals surface area contributed by atoms with Gasteiger partial charge < -0.3 is 15.8 Å². The molecular formula is C26H31N3O3S. The van der Waals surface area contributed by atoms with Gasteiger partial charge in [0.25, 0.3) is 0 Å². The topological polar surface area (TPSA) is 94.3 Å². The number of carbonyl (C=O) groups is 2. The van der Waals surface area contributed by atoms with E-state index in [1.807, 2.05) is 13.8 Å². The molecule has 0 atom stereocenters. The third-order valence-electron chi connectivity index (χ3n) is 5.52. The maximum atomic E-state index is 13.1. The average molecular weight is 466 g/mol. The minimum absolute atomic E-state index is 0.119. The minimum atomic E-state index is -0.479. The number of aryl methyl sites for hydroxylation is 2. The van der Waals surface area contributed by atoms with E-state index >= 15 is 0 Å². The molecule has 7 heteroatoms. The summed E-state index contributed by atoms with van der Waals surface area (Å²) in [5.41, 5.74) is 13.8. The normalized spacial score (nSPS) is 11.0. The molecule has 0 spiro atoms. The summed E-state index contributed by atoms with van der Waals surface area (Å²) < 4.78 is 4.81. The molecule has 0 radical (unpaired) electrons. The number of methoxy groups -OCH3 is 1. The van der Waals surface area contributed by atoms with Crippen LogP contribution in [0.5, 0.6) is 0 Å². The van der Waals surface area contributed by atoms with Crippen molar-refractivity contribution in [2.45, 2.75) is 47.1 Å². The summed E-state index contributed by atoms with van der Waals surface area (Å²) in [5, 5.41) is 6.26. The van der Waals surface area contributed by atoms with E-state index in [4.69, 9.17) is 15.5 Å². The highest BCUT2D eigenvalue weighted by atomic mass is 32.1. The van der Waals surface area contributed by atoms with Crippen LogP contribution in [0.2, 0.25) is 0 Å². The molecule has 0 saturated carbocycles. The van der Waals surface area contributed by atoms with Gasteiger partial charge in [0.15, 0.2) is 0 Å². The Labute approximate surface area is 199 Å². The van der Waals surface area contributed by atoms with Crippen molar-refractivity contribution in [1.82, 2.24) is 4.98 Å². The highest BCUT2D eigenvalue weighted by molar-refractivity contribution is 7.08. The SMILES string of the molecule is COC(=O)c1cscc1NC(=O)Cc1c(C)nc(CC(C)C)c(CN)c1-c1ccc(C)cc1. The number of nitrogens with two attached hydrogens (primary N) is 1. The van der Waals surface area contributed by atoms with Crippen LogP contribution in [0.4, 0.5) is 5.69 Å². The van der Waals surface area contributed by atoms with E-state index in [2.05, 4.69) is 43.4 Å². The maximum Gasteiger partial charge on any atom is 0.340 e. The number of nitrogens with one attached hydrogen (secondary N) is 1. The van der Waals surface area contributed by atoms with Crippen molar-refractivity contribution in [3.05, 3.63) is 68.7 Å². The lowest BCUT2D eigenvalue weighted by Crippen LogP contribution is -2.20. The monoisotopic (exact) mass is 465 g/mol. The lowest BCUT2D eigenvalue weighted by molar-refractivity contribution is -0.115. The molecule has 3 N–H and O–H groups in total. The van der Waals surface area contributed by atoms with E-state index in [1.54, 1.807) is 10.8 Å². The number of aromatic nitrogens is 1. The van der Waals surface area contributed by atoms with Crippen LogP contribution in [0.1, 0.15) is 52.3 Å². The van der Waals surface area contributed by atoms with Gasteiger partial charge in [-0.2, -0.15) is 0 Å². The molecule has 3 rings (SSSR count). The Balaban J connectivity index is 2.05. The van der Waals surface area contributed by atoms with Crippen LogP contribution in [-0.4, -0.2) is 24.0 Å². The first-order valence-electron chi connectivity index (χ1n) is 11.0. The Kier molecular flexibility index (Phi) is 8.00. The first-order valence-corrected chi connectivity index (χ1v) is 11.9. The van der Waals surface area contributed by atoms with Crippen LogP contribution in [0.3, 0.4) is 0 Å². The lowest BCUT2D eigenvalue weighted by Gasteiger charge is -2.21. The Bertz CT molecular complexity index is 1150. The number of thiophene rings is 1. The van der Waals surface area contributed by atoms with Crippen molar-refractivity contribution in [2.75, 3.05) is 12.4 Å². The largest absolute Gasteiger partial charge is 0.465 e. The van der Waals surface area contributed by atoms with E-state index in [0.29, 0.717) is 23.7 Å². The molecule has 0 aliphatic carbocycles. The van der Waals surface area contributed by atoms with Gasteiger partial charge in [-0.25, -0.2) is 4.79 Å². The maximum absolute atomic E-state index is 13.1. The predicted octanol–water partition coefficient (Wildman–Crippen LogP) is 5.05. The van der Waals surface area contributed by atoms with E-state index in [9.17, 15) is 9.59 Å². The molecule has 3 aromatic rings. The van der Waals surface area contributed by atoms with Gasteiger partial charge in [-0.05, 0) is 48.4 Å². The third kappa shape index (κ3) is 5.67. The number of benzene rings is 1. The molecule has 0 aliphatic rings. The standard InChI is InChI=1S/C26H31N3O3S/c1-15(2)10-22-20(12-27)25(18-8-6-16(3)7-9-18)19(17(4)28-22)11-24(30)29-23-14-33-13-21(23)26(31)32-5/h6-9,13-15H,10-12,27H2,1-5H3,(H,29,30). The van der Waals surface area contributed by atoms with Gasteiger partial charge in [-0.3, -0.25) is 9.78 Å². The van der Waals surface area contributed by atoms with Gasteiger partial charge >= 0.3 is 5.97 Å². The van der Waals surface area contributed by atoms with E-state index in [0.717, 1.165) is 45.6 Å². The van der Waals surface area contributed by atoms with Crippen molar-refractivity contribution in [3.63, 3.8) is 0 Å². The molecule has 33 heavy (non-hydrogen) atoms. The zero-order chi connectivity index (χ0) is 24.1. The molecule has 0 saturated heterocycles. The zero-order valence-electron chi connectivity index (χ0n) is 19.8. The van der Waals surface area contributed by atoms with Gasteiger partial charge in [0.1, 0.15) is 0 Å². The summed E-state index contributed by atoms with van der Waals surface area (Å²) in [5.74, 6) is -0.276. The van der Waals surface area contributed by atoms with Crippen molar-refractivity contribution < 1.29 is 14.3 Å². The molecule has 0 fully saturated rings. The number of pyridine rings is 1. The summed E-state index contributed by atoms with van der Waals surface area (Å²) in [6.45, 7) is 8.64. The number of anilines is 1. The van der Waals surface area contributed by atoms with Crippen LogP contribution >= 0.6 is 11.3 Å². The van der Waals surface area contributed by atoms with Crippen molar-refractivity contribution >= 4 is 28.9 Å². The fourth-order valence-electron chi connectivity index (χ4n) is 3.92. The second-order valence-corrected chi connectivity index (χ2v) is 9.30. The molecule has 1 amide bonds. The number of hydrogen-bond acceptors (Lipinski definition) is 6. The van der Waals surface area contributed by atoms with Gasteiger partial charge in [0.05, 0.1) is 24.8 Å². The molecule has 174 valence electrons. The number of ether oxygens (including phenoxy) is 1. The number of hydrogen-bond donors (Lipinski definition) is 2. The predicted molar refractivity (Wildman–Crippen MR) is 134 cm³/mol. The number of amides is 1. The average Bonchev–Trinajstić information content (AvgIpc) is 3.23. The second-order valence-electron chi connectivity index (χ2n) is 8.56. The summed E-state index contributed by atoms with van der Waals surface area (Å²) in [6, 6.07) is 8.26. The zero-order valence-corrected chi connectivity index (χ0v) is 20.6. The van der Waals surface area contributed by atoms with E-state index in [1.165, 1.54) is 18.4 Å². The number of nitrogens with zero attached hydrogens (tertiary/aromatic N) is 1. The summed E-state index contributed by atoms with van der Waals surface area (Å²) >= 11 is 1.33. The van der Waals surface area contributed by atoms with Gasteiger partial charge in [0, 0.05) is 28.7 Å². The van der Waals surface area contributed by atoms with Crippen molar-refractivity contribution in [3.8, 4) is 11.1 Å². The molecule has 0 bridgehead atoms. The van der Waals surface area contributed by atoms with Gasteiger partial charge in [0.2, 0.25) is 5.91 Å². The van der Waals surface area contributed by atoms with Crippen molar-refractivity contribution in [1.29, 1.82) is 0 Å². The smallest absolute Gasteiger partial charge is 0.340 e. The molecule has 0 unspecified atom stereocenters. The van der Waals surface area contributed by atoms with Gasteiger partial charge in [-0.15, -0.1) is 11.3 Å². The summed E-state index contributed by atoms with van der Waals surface area (Å²) in [6.07, 6.45) is 0.934. The highest BCUT2D eigenvalue weighted by Gasteiger charge is 2.22. The Hall–Kier alpha value is -3.03. The number of rotatable bonds is 8. The number of esters is 1. The fraction of sp³-hybridized carbons (Fsp3) is 0.346. The quantitative estimate of drug-likeness (QED) is 0.454. The Morgan fingerprint density at radius 1 is 1.12 bits per heavy atom. The minimum Gasteiger partial charge on any atom is -0.465 e. The van der Waals surface area contributed by atoms with Crippen LogP contribution < -0.4 is 11.1 Å². The summed E-state index contributed by atoms with van der Waals surface area (Å²) in [7, 11) is 1.32. The van der Waals surface area contributed by atoms with Crippen LogP contribution in [0.15, 0.2) is 35.0 Å². The van der Waals surface area contributed by atoms with E-state index < -0.39 is 5.97 Å². The van der Waals surface area contributed by atoms with Crippen LogP contribution in [0, 0.1) is 19.8 Å². The molecule has 2 aromatic heterocycles. The third-order valence-corrected chi connectivity index (χ3v) is 6.26. The molecule has 6 nitrogen and oxygen atoms in total. The summed E-state index contributed by atoms with van der Waals surface area (Å²) in [4.78, 5) is 29.9. The van der Waals surface area contributed by atoms with Crippen LogP contribution in [0.25, 0.3) is 11.1 Å². The van der Waals surface area contributed by atoms with Crippen LogP contribution in [-0.2, 0) is 28.9 Å². The molecular weight excluding hydrogens is 434 g/mol. The molecule has 0 aliphatic heterocycles. The van der Waals surface area contributed by atoms with E-state index in [-0.39, 0.29) is 12.3 Å². The second kappa shape index (κ2) is 10.7. The first kappa shape index (κ1) is 24.6. The Morgan fingerprint density at radius 2 is 1.82 bits per heavy atom. The fourth-order valence-corrected chi connectivity index (χ4v) is 4.67. The lowest BCUT2D eigenvalue weighted by atomic mass is 9.88. The van der Waals surface area contributed by atoms with Crippen molar-refractivity contribution in [2.24, 2.45) is 11.7 Å². The van der Waals surface area contributed by atoms with Gasteiger partial charge in [-0.1, -0.05) is 43.7 Å². The first-order chi connectivity index (χ1) is 15.7. The number of carbonyl (C=O) groups excluding carboxylic acids is 2.